The number of para-hydroxylation sites is 1. The van der Waals surface area contributed by atoms with Crippen LogP contribution in [0.5, 0.6) is 0 Å². The molecule has 21 heavy (non-hydrogen) atoms. The van der Waals surface area contributed by atoms with Gasteiger partial charge in [-0.2, -0.15) is 0 Å². The highest BCUT2D eigenvalue weighted by atomic mass is 16.2. The maximum absolute atomic E-state index is 12.3. The number of rotatable bonds is 3. The van der Waals surface area contributed by atoms with Crippen molar-refractivity contribution in [3.63, 3.8) is 0 Å². The number of amides is 1. The van der Waals surface area contributed by atoms with Crippen molar-refractivity contribution in [2.24, 2.45) is 0 Å². The van der Waals surface area contributed by atoms with Crippen molar-refractivity contribution < 1.29 is 4.79 Å². The molecule has 0 atom stereocenters. The second kappa shape index (κ2) is 5.50. The van der Waals surface area contributed by atoms with Crippen LogP contribution in [0.15, 0.2) is 71.7 Å². The Kier molecular flexibility index (Phi) is 3.39. The molecule has 0 bridgehead atoms. The SMILES string of the molecule is O=C(Nc1c[nH]n(-c2ccccc2)c1=O)c1ccccc1. The van der Waals surface area contributed by atoms with Gasteiger partial charge in [-0.3, -0.25) is 14.7 Å². The highest BCUT2D eigenvalue weighted by Crippen LogP contribution is 2.07. The summed E-state index contributed by atoms with van der Waals surface area (Å²) in [5.41, 5.74) is 1.13. The van der Waals surface area contributed by atoms with E-state index in [-0.39, 0.29) is 17.2 Å². The van der Waals surface area contributed by atoms with Crippen molar-refractivity contribution in [2.75, 3.05) is 5.32 Å². The second-order valence-electron chi connectivity index (χ2n) is 4.48. The Morgan fingerprint density at radius 2 is 1.57 bits per heavy atom. The lowest BCUT2D eigenvalue weighted by molar-refractivity contribution is 0.102. The molecule has 0 spiro atoms. The first-order valence-electron chi connectivity index (χ1n) is 6.48. The number of hydrogen-bond donors (Lipinski definition) is 2. The molecule has 0 fully saturated rings. The summed E-state index contributed by atoms with van der Waals surface area (Å²) in [5.74, 6) is -0.313. The maximum atomic E-state index is 12.3. The molecule has 1 aromatic heterocycles. The van der Waals surface area contributed by atoms with Crippen molar-refractivity contribution in [1.29, 1.82) is 0 Å². The van der Waals surface area contributed by atoms with E-state index in [9.17, 15) is 9.59 Å². The fraction of sp³-hybridized carbons (Fsp3) is 0. The third-order valence-corrected chi connectivity index (χ3v) is 3.07. The van der Waals surface area contributed by atoms with Crippen LogP contribution in [0.2, 0.25) is 0 Å². The van der Waals surface area contributed by atoms with Gasteiger partial charge in [0.2, 0.25) is 0 Å². The molecule has 104 valence electrons. The lowest BCUT2D eigenvalue weighted by Crippen LogP contribution is -2.21. The van der Waals surface area contributed by atoms with Gasteiger partial charge in [0.15, 0.2) is 0 Å². The topological polar surface area (TPSA) is 66.9 Å². The van der Waals surface area contributed by atoms with E-state index in [1.165, 1.54) is 10.9 Å². The van der Waals surface area contributed by atoms with Gasteiger partial charge >= 0.3 is 0 Å². The van der Waals surface area contributed by atoms with Crippen LogP contribution < -0.4 is 10.9 Å². The maximum Gasteiger partial charge on any atom is 0.294 e. The number of benzene rings is 2. The van der Waals surface area contributed by atoms with Crippen LogP contribution in [0.25, 0.3) is 5.69 Å². The largest absolute Gasteiger partial charge is 0.316 e. The fourth-order valence-electron chi connectivity index (χ4n) is 2.01. The summed E-state index contributed by atoms with van der Waals surface area (Å²) in [7, 11) is 0. The van der Waals surface area contributed by atoms with Crippen molar-refractivity contribution in [3.8, 4) is 5.69 Å². The summed E-state index contributed by atoms with van der Waals surface area (Å²) < 4.78 is 1.38. The van der Waals surface area contributed by atoms with Crippen molar-refractivity contribution in [3.05, 3.63) is 82.8 Å². The zero-order chi connectivity index (χ0) is 14.7. The number of anilines is 1. The van der Waals surface area contributed by atoms with E-state index in [1.807, 2.05) is 24.3 Å². The fourth-order valence-corrected chi connectivity index (χ4v) is 2.01. The van der Waals surface area contributed by atoms with E-state index < -0.39 is 0 Å². The van der Waals surface area contributed by atoms with E-state index >= 15 is 0 Å². The Hall–Kier alpha value is -3.08. The summed E-state index contributed by atoms with van der Waals surface area (Å²) in [6, 6.07) is 17.9. The monoisotopic (exact) mass is 279 g/mol. The molecule has 0 unspecified atom stereocenters. The molecule has 1 amide bonds. The van der Waals surface area contributed by atoms with Crippen molar-refractivity contribution in [2.45, 2.75) is 0 Å². The second-order valence-corrected chi connectivity index (χ2v) is 4.48. The molecular weight excluding hydrogens is 266 g/mol. The number of nitrogens with one attached hydrogen (secondary N) is 2. The minimum absolute atomic E-state index is 0.215. The minimum atomic E-state index is -0.313. The molecule has 0 radical (unpaired) electrons. The Morgan fingerprint density at radius 3 is 2.24 bits per heavy atom. The van der Waals surface area contributed by atoms with E-state index in [0.29, 0.717) is 11.3 Å². The number of nitrogens with zero attached hydrogens (tertiary/aromatic N) is 1. The minimum Gasteiger partial charge on any atom is -0.316 e. The standard InChI is InChI=1S/C16H13N3O2/c20-15(12-7-3-1-4-8-12)18-14-11-17-19(16(14)21)13-9-5-2-6-10-13/h1-11,17H,(H,18,20). The number of carbonyl (C=O) groups excluding carboxylic acids is 1. The zero-order valence-electron chi connectivity index (χ0n) is 11.1. The average Bonchev–Trinajstić information content (AvgIpc) is 2.90. The normalized spacial score (nSPS) is 10.3. The lowest BCUT2D eigenvalue weighted by Gasteiger charge is -2.01. The smallest absolute Gasteiger partial charge is 0.294 e. The highest BCUT2D eigenvalue weighted by Gasteiger charge is 2.11. The van der Waals surface area contributed by atoms with E-state index in [0.717, 1.165) is 0 Å². The van der Waals surface area contributed by atoms with E-state index in [1.54, 1.807) is 36.4 Å². The lowest BCUT2D eigenvalue weighted by atomic mass is 10.2. The molecule has 5 nitrogen and oxygen atoms in total. The van der Waals surface area contributed by atoms with Gasteiger partial charge in [0.25, 0.3) is 11.5 Å². The van der Waals surface area contributed by atoms with Crippen LogP contribution in [0.4, 0.5) is 5.69 Å². The van der Waals surface area contributed by atoms with Crippen molar-refractivity contribution >= 4 is 11.6 Å². The van der Waals surface area contributed by atoms with Crippen LogP contribution in [-0.2, 0) is 0 Å². The molecule has 3 aromatic rings. The van der Waals surface area contributed by atoms with Crippen LogP contribution in [0.3, 0.4) is 0 Å². The number of H-pyrrole nitrogens is 1. The summed E-state index contributed by atoms with van der Waals surface area (Å²) in [4.78, 5) is 24.3. The first-order valence-corrected chi connectivity index (χ1v) is 6.48. The van der Waals surface area contributed by atoms with Crippen LogP contribution in [0.1, 0.15) is 10.4 Å². The molecule has 0 saturated carbocycles. The van der Waals surface area contributed by atoms with E-state index in [2.05, 4.69) is 10.4 Å². The zero-order valence-corrected chi connectivity index (χ0v) is 11.1. The van der Waals surface area contributed by atoms with Gasteiger partial charge in [-0.15, -0.1) is 0 Å². The van der Waals surface area contributed by atoms with Gasteiger partial charge in [-0.25, -0.2) is 4.68 Å². The Morgan fingerprint density at radius 1 is 0.952 bits per heavy atom. The number of aromatic amines is 1. The summed E-state index contributed by atoms with van der Waals surface area (Å²) in [6.07, 6.45) is 1.48. The quantitative estimate of drug-likeness (QED) is 0.773. The molecule has 0 aliphatic heterocycles. The molecule has 1 heterocycles. The van der Waals surface area contributed by atoms with Gasteiger partial charge in [-0.1, -0.05) is 36.4 Å². The molecule has 0 aliphatic carbocycles. The van der Waals surface area contributed by atoms with E-state index in [4.69, 9.17) is 0 Å². The third-order valence-electron chi connectivity index (χ3n) is 3.07. The van der Waals surface area contributed by atoms with Gasteiger partial charge in [0, 0.05) is 11.8 Å². The molecule has 0 aliphatic rings. The Balaban J connectivity index is 1.87. The predicted octanol–water partition coefficient (Wildman–Crippen LogP) is 2.42. The molecule has 2 N–H and O–H groups in total. The van der Waals surface area contributed by atoms with Crippen LogP contribution in [0, 0.1) is 0 Å². The molecule has 2 aromatic carbocycles. The summed E-state index contributed by atoms with van der Waals surface area (Å²) in [5, 5.41) is 5.45. The van der Waals surface area contributed by atoms with Gasteiger partial charge in [0.1, 0.15) is 5.69 Å². The van der Waals surface area contributed by atoms with Crippen molar-refractivity contribution in [1.82, 2.24) is 9.78 Å². The van der Waals surface area contributed by atoms with Gasteiger partial charge < -0.3 is 5.32 Å². The summed E-state index contributed by atoms with van der Waals surface area (Å²) in [6.45, 7) is 0. The van der Waals surface area contributed by atoms with Gasteiger partial charge in [-0.05, 0) is 24.3 Å². The molecule has 5 heteroatoms. The Labute approximate surface area is 120 Å². The molecule has 3 rings (SSSR count). The molecular formula is C16H13N3O2. The predicted molar refractivity (Wildman–Crippen MR) is 80.8 cm³/mol. The number of aromatic nitrogens is 2. The number of hydrogen-bond acceptors (Lipinski definition) is 2. The average molecular weight is 279 g/mol. The highest BCUT2D eigenvalue weighted by molar-refractivity contribution is 6.04. The van der Waals surface area contributed by atoms with Crippen LogP contribution in [-0.4, -0.2) is 15.7 Å². The summed E-state index contributed by atoms with van der Waals surface area (Å²) >= 11 is 0. The first kappa shape index (κ1) is 12.9. The number of carbonyl (C=O) groups is 1. The molecule has 0 saturated heterocycles. The third kappa shape index (κ3) is 2.62. The van der Waals surface area contributed by atoms with Gasteiger partial charge in [0.05, 0.1) is 5.69 Å². The first-order chi connectivity index (χ1) is 10.3. The van der Waals surface area contributed by atoms with Crippen LogP contribution >= 0.6 is 0 Å². The Bertz CT molecular complexity index is 804.